The van der Waals surface area contributed by atoms with Gasteiger partial charge in [-0.3, -0.25) is 14.4 Å². The van der Waals surface area contributed by atoms with Gasteiger partial charge in [0.25, 0.3) is 5.91 Å². The summed E-state index contributed by atoms with van der Waals surface area (Å²) in [5.41, 5.74) is 0.644. The summed E-state index contributed by atoms with van der Waals surface area (Å²) in [5.74, 6) is -1.24. The van der Waals surface area contributed by atoms with Crippen molar-refractivity contribution in [3.63, 3.8) is 0 Å². The fraction of sp³-hybridized carbons (Fsp3) is 0.333. The molecule has 2 aromatic carbocycles. The van der Waals surface area contributed by atoms with Gasteiger partial charge in [0.15, 0.2) is 17.7 Å². The summed E-state index contributed by atoms with van der Waals surface area (Å²) in [6.07, 6.45) is 0.854. The lowest BCUT2D eigenvalue weighted by atomic mass is 9.83. The van der Waals surface area contributed by atoms with Crippen LogP contribution in [-0.4, -0.2) is 47.5 Å². The number of rotatable bonds is 3. The smallest absolute Gasteiger partial charge is 0.340 e. The van der Waals surface area contributed by atoms with Crippen LogP contribution >= 0.6 is 11.6 Å². The van der Waals surface area contributed by atoms with E-state index in [4.69, 9.17) is 16.3 Å². The van der Waals surface area contributed by atoms with Crippen molar-refractivity contribution in [2.24, 2.45) is 5.92 Å². The number of carbonyl (C=O) groups excluding carboxylic acids is 4. The number of hydrogen-bond acceptors (Lipinski definition) is 5. The van der Waals surface area contributed by atoms with E-state index in [0.29, 0.717) is 24.6 Å². The lowest BCUT2D eigenvalue weighted by Gasteiger charge is -2.32. The monoisotopic (exact) mass is 439 g/mol. The standard InChI is InChI=1S/C24H22ClNO5/c1-13-9-11-26(12-10-13)23(29)14(2)31-24(30)18-8-7-17-19(20(18)25)22(28)16-6-4-3-5-15(16)21(17)27/h3-8,13-14H,9-12H2,1-2H3. The van der Waals surface area contributed by atoms with Gasteiger partial charge in [-0.1, -0.05) is 42.8 Å². The molecule has 0 N–H and O–H groups in total. The molecule has 1 heterocycles. The van der Waals surface area contributed by atoms with E-state index in [9.17, 15) is 19.2 Å². The molecule has 1 aliphatic carbocycles. The van der Waals surface area contributed by atoms with Crippen LogP contribution in [0, 0.1) is 5.92 Å². The maximum Gasteiger partial charge on any atom is 0.340 e. The van der Waals surface area contributed by atoms with Crippen LogP contribution in [0.4, 0.5) is 0 Å². The zero-order valence-corrected chi connectivity index (χ0v) is 18.1. The molecule has 0 spiro atoms. The molecule has 7 heteroatoms. The van der Waals surface area contributed by atoms with Crippen molar-refractivity contribution in [2.75, 3.05) is 13.1 Å². The largest absolute Gasteiger partial charge is 0.449 e. The molecule has 0 radical (unpaired) electrons. The fourth-order valence-corrected chi connectivity index (χ4v) is 4.39. The van der Waals surface area contributed by atoms with Crippen molar-refractivity contribution in [2.45, 2.75) is 32.8 Å². The van der Waals surface area contributed by atoms with Gasteiger partial charge in [0.05, 0.1) is 16.1 Å². The molecule has 31 heavy (non-hydrogen) atoms. The molecule has 0 saturated carbocycles. The zero-order chi connectivity index (χ0) is 22.3. The van der Waals surface area contributed by atoms with E-state index in [1.807, 2.05) is 0 Å². The van der Waals surface area contributed by atoms with Gasteiger partial charge in [0.1, 0.15) is 0 Å². The van der Waals surface area contributed by atoms with Gasteiger partial charge in [-0.15, -0.1) is 0 Å². The Balaban J connectivity index is 1.57. The molecule has 2 aromatic rings. The highest BCUT2D eigenvalue weighted by Gasteiger charge is 2.34. The number of benzene rings is 2. The molecule has 160 valence electrons. The molecule has 1 atom stereocenters. The minimum atomic E-state index is -0.980. The van der Waals surface area contributed by atoms with Crippen molar-refractivity contribution < 1.29 is 23.9 Å². The summed E-state index contributed by atoms with van der Waals surface area (Å²) in [4.78, 5) is 52.8. The maximum atomic E-state index is 13.0. The van der Waals surface area contributed by atoms with E-state index in [1.54, 1.807) is 29.2 Å². The maximum absolute atomic E-state index is 13.0. The highest BCUT2D eigenvalue weighted by atomic mass is 35.5. The van der Waals surface area contributed by atoms with Gasteiger partial charge in [0.2, 0.25) is 0 Å². The Bertz CT molecular complexity index is 1100. The number of ether oxygens (including phenoxy) is 1. The summed E-state index contributed by atoms with van der Waals surface area (Å²) >= 11 is 6.41. The first-order valence-corrected chi connectivity index (χ1v) is 10.7. The molecule has 4 rings (SSSR count). The van der Waals surface area contributed by atoms with E-state index in [1.165, 1.54) is 19.1 Å². The van der Waals surface area contributed by atoms with Crippen molar-refractivity contribution in [1.29, 1.82) is 0 Å². The Morgan fingerprint density at radius 3 is 2.26 bits per heavy atom. The SMILES string of the molecule is CC1CCN(C(=O)C(C)OC(=O)c2ccc3c(c2Cl)C(=O)c2ccccc2C3=O)CC1. The van der Waals surface area contributed by atoms with Crippen LogP contribution in [0.2, 0.25) is 5.02 Å². The number of piperidine rings is 1. The molecule has 1 aliphatic heterocycles. The topological polar surface area (TPSA) is 80.8 Å². The van der Waals surface area contributed by atoms with E-state index in [2.05, 4.69) is 6.92 Å². The van der Waals surface area contributed by atoms with Crippen LogP contribution in [0.1, 0.15) is 68.9 Å². The number of fused-ring (bicyclic) bond motifs is 2. The lowest BCUT2D eigenvalue weighted by Crippen LogP contribution is -2.44. The first-order chi connectivity index (χ1) is 14.8. The van der Waals surface area contributed by atoms with Gasteiger partial charge in [0, 0.05) is 29.8 Å². The van der Waals surface area contributed by atoms with Crippen LogP contribution in [-0.2, 0) is 9.53 Å². The summed E-state index contributed by atoms with van der Waals surface area (Å²) in [5, 5.41) is -0.137. The van der Waals surface area contributed by atoms with E-state index >= 15 is 0 Å². The average molecular weight is 440 g/mol. The third kappa shape index (κ3) is 3.76. The number of carbonyl (C=O) groups is 4. The molecule has 0 aromatic heterocycles. The second-order valence-electron chi connectivity index (χ2n) is 8.11. The fourth-order valence-electron chi connectivity index (χ4n) is 4.06. The molecule has 1 amide bonds. The van der Waals surface area contributed by atoms with Gasteiger partial charge in [-0.2, -0.15) is 0 Å². The molecule has 0 bridgehead atoms. The van der Waals surface area contributed by atoms with Crippen molar-refractivity contribution in [3.8, 4) is 0 Å². The number of ketones is 2. The number of hydrogen-bond donors (Lipinski definition) is 0. The van der Waals surface area contributed by atoms with E-state index < -0.39 is 17.9 Å². The van der Waals surface area contributed by atoms with Crippen LogP contribution < -0.4 is 0 Å². The lowest BCUT2D eigenvalue weighted by molar-refractivity contribution is -0.141. The first-order valence-electron chi connectivity index (χ1n) is 10.3. The number of halogens is 1. The van der Waals surface area contributed by atoms with Gasteiger partial charge >= 0.3 is 5.97 Å². The minimum absolute atomic E-state index is 0.0104. The Morgan fingerprint density at radius 2 is 1.61 bits per heavy atom. The number of esters is 1. The Hall–Kier alpha value is -2.99. The Labute approximate surface area is 185 Å². The van der Waals surface area contributed by atoms with E-state index in [0.717, 1.165) is 12.8 Å². The zero-order valence-electron chi connectivity index (χ0n) is 17.3. The predicted molar refractivity (Wildman–Crippen MR) is 115 cm³/mol. The van der Waals surface area contributed by atoms with Crippen LogP contribution in [0.5, 0.6) is 0 Å². The Kier molecular flexibility index (Phi) is 5.67. The average Bonchev–Trinajstić information content (AvgIpc) is 2.77. The second-order valence-corrected chi connectivity index (χ2v) is 8.49. The molecule has 6 nitrogen and oxygen atoms in total. The van der Waals surface area contributed by atoms with Crippen molar-refractivity contribution in [3.05, 3.63) is 69.2 Å². The summed E-state index contributed by atoms with van der Waals surface area (Å²) in [6.45, 7) is 4.94. The summed E-state index contributed by atoms with van der Waals surface area (Å²) < 4.78 is 5.37. The quantitative estimate of drug-likeness (QED) is 0.578. The van der Waals surface area contributed by atoms with Crippen molar-refractivity contribution in [1.82, 2.24) is 4.90 Å². The van der Waals surface area contributed by atoms with Crippen LogP contribution in [0.3, 0.4) is 0 Å². The van der Waals surface area contributed by atoms with E-state index in [-0.39, 0.29) is 39.0 Å². The molecule has 2 aliphatic rings. The highest BCUT2D eigenvalue weighted by Crippen LogP contribution is 2.34. The summed E-state index contributed by atoms with van der Waals surface area (Å²) in [6, 6.07) is 9.26. The van der Waals surface area contributed by atoms with Crippen LogP contribution in [0.25, 0.3) is 0 Å². The van der Waals surface area contributed by atoms with Crippen molar-refractivity contribution >= 4 is 35.0 Å². The number of likely N-dealkylation sites (tertiary alicyclic amines) is 1. The number of nitrogens with zero attached hydrogens (tertiary/aromatic N) is 1. The van der Waals surface area contributed by atoms with Gasteiger partial charge in [-0.05, 0) is 37.8 Å². The molecule has 1 fully saturated rings. The minimum Gasteiger partial charge on any atom is -0.449 e. The molecule has 1 saturated heterocycles. The molecular weight excluding hydrogens is 418 g/mol. The van der Waals surface area contributed by atoms with Gasteiger partial charge < -0.3 is 9.64 Å². The van der Waals surface area contributed by atoms with Crippen LogP contribution in [0.15, 0.2) is 36.4 Å². The normalized spacial score (nSPS) is 17.1. The predicted octanol–water partition coefficient (Wildman–Crippen LogP) is 3.92. The first kappa shape index (κ1) is 21.2. The molecule has 1 unspecified atom stereocenters. The molecular formula is C24H22ClNO5. The second kappa shape index (κ2) is 8.27. The third-order valence-electron chi connectivity index (χ3n) is 5.98. The Morgan fingerprint density at radius 1 is 1.00 bits per heavy atom. The number of amides is 1. The summed E-state index contributed by atoms with van der Waals surface area (Å²) in [7, 11) is 0. The third-order valence-corrected chi connectivity index (χ3v) is 6.37. The highest BCUT2D eigenvalue weighted by molar-refractivity contribution is 6.41. The van der Waals surface area contributed by atoms with Gasteiger partial charge in [-0.25, -0.2) is 4.79 Å².